The number of aryl methyl sites for hydroxylation is 2. The average molecular weight is 550 g/mol. The number of halogens is 3. The van der Waals surface area contributed by atoms with Gasteiger partial charge < -0.3 is 4.31 Å². The summed E-state index contributed by atoms with van der Waals surface area (Å²) in [6, 6.07) is 22.9. The van der Waals surface area contributed by atoms with Gasteiger partial charge in [-0.1, -0.05) is 61.5 Å². The van der Waals surface area contributed by atoms with Crippen LogP contribution in [0.5, 0.6) is 0 Å². The van der Waals surface area contributed by atoms with Gasteiger partial charge in [0, 0.05) is 43.9 Å². The smallest absolute Gasteiger partial charge is 0.303 e. The Morgan fingerprint density at radius 1 is 0.923 bits per heavy atom. The van der Waals surface area contributed by atoms with E-state index in [4.69, 9.17) is 4.99 Å². The number of hydrogen-bond acceptors (Lipinski definition) is 4. The summed E-state index contributed by atoms with van der Waals surface area (Å²) in [5, 5.41) is 0. The van der Waals surface area contributed by atoms with Gasteiger partial charge in [0.2, 0.25) is 0 Å². The summed E-state index contributed by atoms with van der Waals surface area (Å²) in [5.41, 5.74) is 8.53. The van der Waals surface area contributed by atoms with Crippen molar-refractivity contribution in [3.8, 4) is 0 Å². The molecule has 39 heavy (non-hydrogen) atoms. The third kappa shape index (κ3) is 6.76. The van der Waals surface area contributed by atoms with E-state index in [2.05, 4.69) is 71.0 Å². The maximum absolute atomic E-state index is 12.9. The molecule has 0 aromatic heterocycles. The number of anilines is 1. The molecule has 2 aliphatic rings. The first-order chi connectivity index (χ1) is 18.8. The van der Waals surface area contributed by atoms with E-state index in [1.54, 1.807) is 0 Å². The largest absolute Gasteiger partial charge is 0.416 e. The van der Waals surface area contributed by atoms with Crippen LogP contribution in [0.25, 0.3) is 0 Å². The molecule has 0 N–H and O–H groups in total. The number of alkyl halides is 3. The molecule has 2 heterocycles. The molecule has 204 valence electrons. The van der Waals surface area contributed by atoms with Gasteiger partial charge in [0.1, 0.15) is 0 Å². The van der Waals surface area contributed by atoms with Gasteiger partial charge in [0.15, 0.2) is 0 Å². The normalized spacial score (nSPS) is 15.6. The van der Waals surface area contributed by atoms with Crippen molar-refractivity contribution < 1.29 is 13.2 Å². The Morgan fingerprint density at radius 3 is 2.36 bits per heavy atom. The lowest BCUT2D eigenvalue weighted by Gasteiger charge is -2.33. The standard InChI is InChI=1S/C32H34F3N3S/c1-3-37(39-38-20-6-8-27-7-4-5-9-31(27)38)22-25-12-10-24(11-13-25)14-19-29-23(2)21-30(36-29)26-15-17-28(18-16-26)32(33,34)35/h4-5,7,9-13,15-18H,3,6,8,14,19-22H2,1-2H3. The molecule has 0 saturated heterocycles. The number of allylic oxidation sites excluding steroid dienone is 2. The van der Waals surface area contributed by atoms with Crippen LogP contribution in [0.1, 0.15) is 60.9 Å². The first kappa shape index (κ1) is 27.5. The lowest BCUT2D eigenvalue weighted by Crippen LogP contribution is -2.29. The van der Waals surface area contributed by atoms with Crippen LogP contribution in [0.3, 0.4) is 0 Å². The monoisotopic (exact) mass is 549 g/mol. The zero-order chi connectivity index (χ0) is 27.4. The first-order valence-electron chi connectivity index (χ1n) is 13.6. The number of rotatable bonds is 9. The van der Waals surface area contributed by atoms with Gasteiger partial charge in [-0.2, -0.15) is 13.2 Å². The van der Waals surface area contributed by atoms with E-state index in [0.29, 0.717) is 6.42 Å². The van der Waals surface area contributed by atoms with Gasteiger partial charge in [0.25, 0.3) is 0 Å². The van der Waals surface area contributed by atoms with Crippen molar-refractivity contribution in [1.29, 1.82) is 0 Å². The molecule has 0 fully saturated rings. The number of para-hydroxylation sites is 1. The molecule has 3 nitrogen and oxygen atoms in total. The van der Waals surface area contributed by atoms with Gasteiger partial charge in [-0.15, -0.1) is 0 Å². The van der Waals surface area contributed by atoms with Gasteiger partial charge in [-0.05, 0) is 78.6 Å². The van der Waals surface area contributed by atoms with Crippen LogP contribution in [0, 0.1) is 0 Å². The van der Waals surface area contributed by atoms with Crippen molar-refractivity contribution in [2.24, 2.45) is 4.99 Å². The molecule has 0 saturated carbocycles. The minimum atomic E-state index is -4.32. The molecule has 0 amide bonds. The van der Waals surface area contributed by atoms with Gasteiger partial charge >= 0.3 is 6.18 Å². The van der Waals surface area contributed by atoms with E-state index in [1.165, 1.54) is 46.5 Å². The second kappa shape index (κ2) is 12.0. The number of nitrogens with zero attached hydrogens (tertiary/aromatic N) is 3. The SMILES string of the molecule is CCN(Cc1ccc(CCC2=C(C)CC(c3ccc(C(F)(F)F)cc3)=N2)cc1)SN1CCCc2ccccc21. The maximum atomic E-state index is 12.9. The Morgan fingerprint density at radius 2 is 1.64 bits per heavy atom. The summed E-state index contributed by atoms with van der Waals surface area (Å²) < 4.78 is 43.5. The summed E-state index contributed by atoms with van der Waals surface area (Å²) in [4.78, 5) is 4.79. The zero-order valence-electron chi connectivity index (χ0n) is 22.5. The molecule has 3 aromatic rings. The fourth-order valence-electron chi connectivity index (χ4n) is 5.14. The van der Waals surface area contributed by atoms with E-state index >= 15 is 0 Å². The molecule has 0 unspecified atom stereocenters. The molecule has 5 rings (SSSR count). The summed E-state index contributed by atoms with van der Waals surface area (Å²) in [6.07, 6.45) is 0.402. The molecule has 2 aliphatic heterocycles. The lowest BCUT2D eigenvalue weighted by molar-refractivity contribution is -0.137. The molecule has 7 heteroatoms. The van der Waals surface area contributed by atoms with Crippen molar-refractivity contribution in [2.45, 2.75) is 58.7 Å². The van der Waals surface area contributed by atoms with E-state index in [-0.39, 0.29) is 0 Å². The highest BCUT2D eigenvalue weighted by atomic mass is 32.2. The van der Waals surface area contributed by atoms with Gasteiger partial charge in [-0.25, -0.2) is 4.31 Å². The maximum Gasteiger partial charge on any atom is 0.416 e. The van der Waals surface area contributed by atoms with Gasteiger partial charge in [-0.3, -0.25) is 4.99 Å². The summed E-state index contributed by atoms with van der Waals surface area (Å²) in [7, 11) is 0. The predicted molar refractivity (Wildman–Crippen MR) is 156 cm³/mol. The van der Waals surface area contributed by atoms with Gasteiger partial charge in [0.05, 0.1) is 17.0 Å². The van der Waals surface area contributed by atoms with E-state index < -0.39 is 11.7 Å². The van der Waals surface area contributed by atoms with Crippen molar-refractivity contribution in [1.82, 2.24) is 4.31 Å². The lowest BCUT2D eigenvalue weighted by atomic mass is 10.0. The number of benzene rings is 3. The quantitative estimate of drug-likeness (QED) is 0.249. The second-order valence-electron chi connectivity index (χ2n) is 10.2. The molecular formula is C32H34F3N3S. The molecule has 0 atom stereocenters. The van der Waals surface area contributed by atoms with Crippen LogP contribution in [-0.2, 0) is 25.6 Å². The third-order valence-electron chi connectivity index (χ3n) is 7.41. The van der Waals surface area contributed by atoms with E-state index in [1.807, 2.05) is 12.1 Å². The van der Waals surface area contributed by atoms with Crippen LogP contribution in [0.15, 0.2) is 89.1 Å². The molecular weight excluding hydrogens is 515 g/mol. The molecule has 0 aliphatic carbocycles. The molecule has 0 bridgehead atoms. The van der Waals surface area contributed by atoms with Crippen molar-refractivity contribution in [3.05, 3.63) is 112 Å². The Bertz CT molecular complexity index is 1340. The Labute approximate surface area is 233 Å². The highest BCUT2D eigenvalue weighted by Gasteiger charge is 2.30. The second-order valence-corrected chi connectivity index (χ2v) is 11.3. The molecule has 0 radical (unpaired) electrons. The Hall–Kier alpha value is -3.03. The van der Waals surface area contributed by atoms with E-state index in [9.17, 15) is 13.2 Å². The third-order valence-corrected chi connectivity index (χ3v) is 8.60. The van der Waals surface area contributed by atoms with Crippen molar-refractivity contribution in [2.75, 3.05) is 17.4 Å². The van der Waals surface area contributed by atoms with Crippen LogP contribution in [0.4, 0.5) is 18.9 Å². The topological polar surface area (TPSA) is 18.8 Å². The molecule has 0 spiro atoms. The first-order valence-corrected chi connectivity index (χ1v) is 14.3. The fourth-order valence-corrected chi connectivity index (χ4v) is 6.22. The van der Waals surface area contributed by atoms with Crippen LogP contribution >= 0.6 is 12.1 Å². The van der Waals surface area contributed by atoms with Crippen molar-refractivity contribution >= 4 is 23.5 Å². The van der Waals surface area contributed by atoms with E-state index in [0.717, 1.165) is 68.0 Å². The number of aliphatic imine (C=N–C) groups is 1. The minimum absolute atomic E-state index is 0.629. The fraction of sp³-hybridized carbons (Fsp3) is 0.344. The van der Waals surface area contributed by atoms with Crippen LogP contribution in [0.2, 0.25) is 0 Å². The summed E-state index contributed by atoms with van der Waals surface area (Å²) >= 11 is 1.83. The summed E-state index contributed by atoms with van der Waals surface area (Å²) in [6.45, 7) is 7.17. The predicted octanol–water partition coefficient (Wildman–Crippen LogP) is 8.64. The average Bonchev–Trinajstić information content (AvgIpc) is 3.32. The number of fused-ring (bicyclic) bond motifs is 1. The summed E-state index contributed by atoms with van der Waals surface area (Å²) in [5.74, 6) is 0. The highest BCUT2D eigenvalue weighted by Crippen LogP contribution is 2.34. The van der Waals surface area contributed by atoms with Crippen LogP contribution < -0.4 is 4.31 Å². The van der Waals surface area contributed by atoms with Crippen LogP contribution in [-0.4, -0.2) is 23.1 Å². The Kier molecular flexibility index (Phi) is 8.48. The van der Waals surface area contributed by atoms with Crippen molar-refractivity contribution in [3.63, 3.8) is 0 Å². The molecule has 3 aromatic carbocycles. The minimum Gasteiger partial charge on any atom is -0.303 e. The Balaban J connectivity index is 1.16. The highest BCUT2D eigenvalue weighted by molar-refractivity contribution is 7.98. The zero-order valence-corrected chi connectivity index (χ0v) is 23.3. The number of hydrogen-bond donors (Lipinski definition) is 0.